The molecule has 0 saturated heterocycles. The van der Waals surface area contributed by atoms with Gasteiger partial charge < -0.3 is 0 Å². The molecule has 54 heavy (non-hydrogen) atoms. The first-order valence-electron chi connectivity index (χ1n) is 18.2. The van der Waals surface area contributed by atoms with Crippen LogP contribution < -0.4 is 0 Å². The largest absolute Gasteiger partial charge is 0.256 e. The number of nitrogens with zero attached hydrogens (tertiary/aromatic N) is 4. The van der Waals surface area contributed by atoms with Crippen molar-refractivity contribution in [2.45, 2.75) is 0 Å². The lowest BCUT2D eigenvalue weighted by Crippen LogP contribution is -2.01. The standard InChI is InChI=1S/C50H30N4/c1-2-12-31(13-3-1)48-52-49(33-23-24-36-34(28-33)30-51-47-21-11-10-20-44(36)47)54-50(53-48)45-27-26-35(37-14-4-8-18-41(37)45)32-22-25-43-40-17-6-5-15-38(40)39-16-7-9-19-42(39)46(43)29-32/h1-30H. The van der Waals surface area contributed by atoms with Crippen LogP contribution in [0.4, 0.5) is 0 Å². The summed E-state index contributed by atoms with van der Waals surface area (Å²) < 4.78 is 0. The van der Waals surface area contributed by atoms with Gasteiger partial charge in [-0.05, 0) is 83.9 Å². The van der Waals surface area contributed by atoms with Crippen molar-refractivity contribution in [3.63, 3.8) is 0 Å². The van der Waals surface area contributed by atoms with Crippen molar-refractivity contribution < 1.29 is 0 Å². The topological polar surface area (TPSA) is 51.6 Å². The molecule has 0 radical (unpaired) electrons. The number of pyridine rings is 1. The molecule has 9 aromatic carbocycles. The second-order valence-corrected chi connectivity index (χ2v) is 13.8. The van der Waals surface area contributed by atoms with Gasteiger partial charge in [0, 0.05) is 33.7 Å². The Balaban J connectivity index is 1.10. The van der Waals surface area contributed by atoms with Crippen LogP contribution in [0.1, 0.15) is 0 Å². The first-order chi connectivity index (χ1) is 26.8. The van der Waals surface area contributed by atoms with Crippen molar-refractivity contribution in [1.82, 2.24) is 19.9 Å². The van der Waals surface area contributed by atoms with E-state index in [0.29, 0.717) is 17.5 Å². The Morgan fingerprint density at radius 3 is 1.50 bits per heavy atom. The summed E-state index contributed by atoms with van der Waals surface area (Å²) in [5.74, 6) is 1.89. The highest BCUT2D eigenvalue weighted by Gasteiger charge is 2.17. The molecule has 250 valence electrons. The van der Waals surface area contributed by atoms with E-state index in [1.807, 2.05) is 48.7 Å². The van der Waals surface area contributed by atoms with Crippen LogP contribution in [-0.2, 0) is 0 Å². The first kappa shape index (κ1) is 30.3. The molecule has 0 fully saturated rings. The molecule has 0 N–H and O–H groups in total. The SMILES string of the molecule is c1ccc(-c2nc(-c3ccc4c(cnc5ccccc54)c3)nc(-c3ccc(-c4ccc5c6ccccc6c6ccccc6c5c4)c4ccccc34)n2)cc1. The highest BCUT2D eigenvalue weighted by atomic mass is 15.0. The number of hydrogen-bond acceptors (Lipinski definition) is 4. The minimum Gasteiger partial charge on any atom is -0.256 e. The van der Waals surface area contributed by atoms with Crippen molar-refractivity contribution >= 4 is 64.8 Å². The van der Waals surface area contributed by atoms with E-state index in [2.05, 4.69) is 133 Å². The average molecular weight is 687 g/mol. The predicted molar refractivity (Wildman–Crippen MR) is 224 cm³/mol. The van der Waals surface area contributed by atoms with Gasteiger partial charge in [0.25, 0.3) is 0 Å². The summed E-state index contributed by atoms with van der Waals surface area (Å²) in [6.07, 6.45) is 1.94. The summed E-state index contributed by atoms with van der Waals surface area (Å²) in [6.45, 7) is 0. The second-order valence-electron chi connectivity index (χ2n) is 13.8. The Hall–Kier alpha value is -7.30. The van der Waals surface area contributed by atoms with Crippen molar-refractivity contribution in [2.75, 3.05) is 0 Å². The van der Waals surface area contributed by atoms with Gasteiger partial charge in [0.2, 0.25) is 0 Å². The average Bonchev–Trinajstić information content (AvgIpc) is 3.26. The Labute approximate surface area is 311 Å². The molecule has 2 aromatic heterocycles. The quantitative estimate of drug-likeness (QED) is 0.173. The summed E-state index contributed by atoms with van der Waals surface area (Å²) in [4.78, 5) is 20.1. The predicted octanol–water partition coefficient (Wildman–Crippen LogP) is 12.9. The Bertz CT molecular complexity index is 3240. The highest BCUT2D eigenvalue weighted by molar-refractivity contribution is 6.26. The van der Waals surface area contributed by atoms with Gasteiger partial charge in [0.1, 0.15) is 0 Å². The summed E-state index contributed by atoms with van der Waals surface area (Å²) in [7, 11) is 0. The maximum atomic E-state index is 5.18. The number of para-hydroxylation sites is 1. The van der Waals surface area contributed by atoms with Gasteiger partial charge in [-0.3, -0.25) is 4.98 Å². The summed E-state index contributed by atoms with van der Waals surface area (Å²) >= 11 is 0. The van der Waals surface area contributed by atoms with Gasteiger partial charge in [-0.1, -0.05) is 152 Å². The molecule has 0 atom stereocenters. The van der Waals surface area contributed by atoms with Crippen molar-refractivity contribution in [3.05, 3.63) is 182 Å². The van der Waals surface area contributed by atoms with Crippen molar-refractivity contribution in [1.29, 1.82) is 0 Å². The van der Waals surface area contributed by atoms with Crippen molar-refractivity contribution in [3.8, 4) is 45.3 Å². The van der Waals surface area contributed by atoms with Crippen LogP contribution in [0.3, 0.4) is 0 Å². The zero-order chi connectivity index (χ0) is 35.6. The fourth-order valence-corrected chi connectivity index (χ4v) is 8.17. The second kappa shape index (κ2) is 12.1. The smallest absolute Gasteiger partial charge is 0.164 e. The fraction of sp³-hybridized carbons (Fsp3) is 0. The Morgan fingerprint density at radius 2 is 0.778 bits per heavy atom. The zero-order valence-electron chi connectivity index (χ0n) is 29.1. The minimum atomic E-state index is 0.621. The molecule has 0 unspecified atom stereocenters. The number of benzene rings is 9. The van der Waals surface area contributed by atoms with E-state index >= 15 is 0 Å². The highest BCUT2D eigenvalue weighted by Crippen LogP contribution is 2.40. The maximum absolute atomic E-state index is 5.18. The molecule has 0 aliphatic carbocycles. The maximum Gasteiger partial charge on any atom is 0.164 e. The van der Waals surface area contributed by atoms with Gasteiger partial charge in [0.15, 0.2) is 17.5 Å². The molecular formula is C50H30N4. The summed E-state index contributed by atoms with van der Waals surface area (Å²) in [5, 5.41) is 13.2. The number of fused-ring (bicyclic) bond motifs is 10. The Morgan fingerprint density at radius 1 is 0.278 bits per heavy atom. The molecule has 4 heteroatoms. The fourth-order valence-electron chi connectivity index (χ4n) is 8.17. The van der Waals surface area contributed by atoms with E-state index in [4.69, 9.17) is 19.9 Å². The molecule has 0 saturated carbocycles. The van der Waals surface area contributed by atoms with Gasteiger partial charge in [-0.2, -0.15) is 0 Å². The van der Waals surface area contributed by atoms with Crippen LogP contribution in [-0.4, -0.2) is 19.9 Å². The van der Waals surface area contributed by atoms with Gasteiger partial charge in [-0.15, -0.1) is 0 Å². The molecule has 0 aliphatic heterocycles. The monoisotopic (exact) mass is 686 g/mol. The molecule has 11 aromatic rings. The Kier molecular flexibility index (Phi) is 6.82. The lowest BCUT2D eigenvalue weighted by atomic mass is 9.90. The van der Waals surface area contributed by atoms with E-state index in [-0.39, 0.29) is 0 Å². The molecule has 0 bridgehead atoms. The minimum absolute atomic E-state index is 0.621. The molecule has 0 amide bonds. The van der Waals surface area contributed by atoms with E-state index in [1.165, 1.54) is 43.4 Å². The lowest BCUT2D eigenvalue weighted by Gasteiger charge is -2.15. The molecule has 2 heterocycles. The summed E-state index contributed by atoms with van der Waals surface area (Å²) in [5.41, 5.74) is 6.13. The normalized spacial score (nSPS) is 11.7. The molecule has 11 rings (SSSR count). The van der Waals surface area contributed by atoms with Crippen LogP contribution in [0.2, 0.25) is 0 Å². The van der Waals surface area contributed by atoms with E-state index in [9.17, 15) is 0 Å². The third-order valence-electron chi connectivity index (χ3n) is 10.7. The summed E-state index contributed by atoms with van der Waals surface area (Å²) in [6, 6.07) is 62.1. The van der Waals surface area contributed by atoms with E-state index in [0.717, 1.165) is 49.1 Å². The van der Waals surface area contributed by atoms with Crippen molar-refractivity contribution in [2.24, 2.45) is 0 Å². The van der Waals surface area contributed by atoms with Crippen LogP contribution >= 0.6 is 0 Å². The van der Waals surface area contributed by atoms with Crippen LogP contribution in [0.25, 0.3) is 110 Å². The van der Waals surface area contributed by atoms with Crippen LogP contribution in [0.15, 0.2) is 182 Å². The van der Waals surface area contributed by atoms with Gasteiger partial charge in [0.05, 0.1) is 5.52 Å². The van der Waals surface area contributed by atoms with Gasteiger partial charge in [-0.25, -0.2) is 15.0 Å². The molecule has 0 aliphatic rings. The number of rotatable bonds is 4. The molecule has 4 nitrogen and oxygen atoms in total. The molecular weight excluding hydrogens is 657 g/mol. The van der Waals surface area contributed by atoms with Crippen LogP contribution in [0, 0.1) is 0 Å². The van der Waals surface area contributed by atoms with Gasteiger partial charge >= 0.3 is 0 Å². The third kappa shape index (κ3) is 4.85. The molecule has 0 spiro atoms. The number of hydrogen-bond donors (Lipinski definition) is 0. The van der Waals surface area contributed by atoms with E-state index in [1.54, 1.807) is 0 Å². The lowest BCUT2D eigenvalue weighted by molar-refractivity contribution is 1.08. The van der Waals surface area contributed by atoms with Crippen LogP contribution in [0.5, 0.6) is 0 Å². The first-order valence-corrected chi connectivity index (χ1v) is 18.2. The zero-order valence-corrected chi connectivity index (χ0v) is 29.1. The third-order valence-corrected chi connectivity index (χ3v) is 10.7. The van der Waals surface area contributed by atoms with E-state index < -0.39 is 0 Å². The number of aromatic nitrogens is 4.